The minimum absolute atomic E-state index is 0.169. The summed E-state index contributed by atoms with van der Waals surface area (Å²) in [6.07, 6.45) is 2.04. The quantitative estimate of drug-likeness (QED) is 0.535. The van der Waals surface area contributed by atoms with Gasteiger partial charge in [-0.2, -0.15) is 0 Å². The van der Waals surface area contributed by atoms with E-state index in [4.69, 9.17) is 11.6 Å². The SMILES string of the molecule is O=Cc1c(Cl)ncnc1-c1ccc(-c2ccccc2)cc1. The second kappa shape index (κ2) is 5.85. The summed E-state index contributed by atoms with van der Waals surface area (Å²) in [5, 5.41) is 0.169. The van der Waals surface area contributed by atoms with Crippen molar-refractivity contribution in [1.29, 1.82) is 0 Å². The molecule has 0 amide bonds. The van der Waals surface area contributed by atoms with E-state index < -0.39 is 0 Å². The average Bonchev–Trinajstić information content (AvgIpc) is 2.55. The molecule has 0 spiro atoms. The van der Waals surface area contributed by atoms with Gasteiger partial charge >= 0.3 is 0 Å². The van der Waals surface area contributed by atoms with Crippen LogP contribution in [0.4, 0.5) is 0 Å². The number of halogens is 1. The fraction of sp³-hybridized carbons (Fsp3) is 0. The van der Waals surface area contributed by atoms with E-state index in [0.29, 0.717) is 17.5 Å². The molecule has 21 heavy (non-hydrogen) atoms. The van der Waals surface area contributed by atoms with Crippen molar-refractivity contribution in [1.82, 2.24) is 9.97 Å². The van der Waals surface area contributed by atoms with E-state index in [0.717, 1.165) is 16.7 Å². The fourth-order valence-corrected chi connectivity index (χ4v) is 2.34. The van der Waals surface area contributed by atoms with Crippen molar-refractivity contribution in [3.8, 4) is 22.4 Å². The molecular weight excluding hydrogens is 284 g/mol. The van der Waals surface area contributed by atoms with E-state index in [1.54, 1.807) is 0 Å². The number of hydrogen-bond donors (Lipinski definition) is 0. The van der Waals surface area contributed by atoms with E-state index in [9.17, 15) is 4.79 Å². The van der Waals surface area contributed by atoms with Crippen LogP contribution in [0.5, 0.6) is 0 Å². The summed E-state index contributed by atoms with van der Waals surface area (Å²) >= 11 is 5.92. The number of benzene rings is 2. The normalized spacial score (nSPS) is 10.3. The van der Waals surface area contributed by atoms with Gasteiger partial charge in [-0.05, 0) is 11.1 Å². The average molecular weight is 295 g/mol. The molecule has 0 atom stereocenters. The maximum Gasteiger partial charge on any atom is 0.155 e. The van der Waals surface area contributed by atoms with Crippen LogP contribution in [0.3, 0.4) is 0 Å². The van der Waals surface area contributed by atoms with Crippen molar-refractivity contribution >= 4 is 17.9 Å². The summed E-state index contributed by atoms with van der Waals surface area (Å²) in [5.41, 5.74) is 3.94. The zero-order chi connectivity index (χ0) is 14.7. The summed E-state index contributed by atoms with van der Waals surface area (Å²) < 4.78 is 0. The van der Waals surface area contributed by atoms with E-state index >= 15 is 0 Å². The van der Waals surface area contributed by atoms with Crippen molar-refractivity contribution in [3.63, 3.8) is 0 Å². The second-order valence-electron chi connectivity index (χ2n) is 4.49. The summed E-state index contributed by atoms with van der Waals surface area (Å²) in [5.74, 6) is 0. The lowest BCUT2D eigenvalue weighted by molar-refractivity contribution is 0.112. The van der Waals surface area contributed by atoms with Gasteiger partial charge in [-0.1, -0.05) is 66.2 Å². The largest absolute Gasteiger partial charge is 0.298 e. The first-order valence-corrected chi connectivity index (χ1v) is 6.79. The van der Waals surface area contributed by atoms with Gasteiger partial charge in [0, 0.05) is 5.56 Å². The third-order valence-electron chi connectivity index (χ3n) is 3.22. The Morgan fingerprint density at radius 1 is 0.810 bits per heavy atom. The second-order valence-corrected chi connectivity index (χ2v) is 4.85. The summed E-state index contributed by atoms with van der Waals surface area (Å²) in [6, 6.07) is 17.9. The van der Waals surface area contributed by atoms with Gasteiger partial charge in [0.05, 0.1) is 11.3 Å². The summed E-state index contributed by atoms with van der Waals surface area (Å²) in [6.45, 7) is 0. The molecule has 0 unspecified atom stereocenters. The number of carbonyl (C=O) groups excluding carboxylic acids is 1. The van der Waals surface area contributed by atoms with Gasteiger partial charge in [-0.15, -0.1) is 0 Å². The van der Waals surface area contributed by atoms with Crippen LogP contribution in [-0.4, -0.2) is 16.3 Å². The predicted molar refractivity (Wildman–Crippen MR) is 83.3 cm³/mol. The van der Waals surface area contributed by atoms with Gasteiger partial charge in [0.1, 0.15) is 11.5 Å². The monoisotopic (exact) mass is 294 g/mol. The molecule has 102 valence electrons. The minimum atomic E-state index is 0.169. The van der Waals surface area contributed by atoms with E-state index in [1.807, 2.05) is 54.6 Å². The molecule has 0 aliphatic carbocycles. The van der Waals surface area contributed by atoms with Crippen molar-refractivity contribution in [3.05, 3.63) is 71.6 Å². The molecule has 1 heterocycles. The number of aldehydes is 1. The molecule has 0 fully saturated rings. The highest BCUT2D eigenvalue weighted by Gasteiger charge is 2.11. The van der Waals surface area contributed by atoms with Crippen molar-refractivity contribution in [2.75, 3.05) is 0 Å². The standard InChI is InChI=1S/C17H11ClN2O/c18-17-15(10-21)16(19-11-20-17)14-8-6-13(7-9-14)12-4-2-1-3-5-12/h1-11H. The van der Waals surface area contributed by atoms with E-state index in [-0.39, 0.29) is 5.15 Å². The fourth-order valence-electron chi connectivity index (χ4n) is 2.16. The molecule has 4 heteroatoms. The zero-order valence-electron chi connectivity index (χ0n) is 11.0. The number of hydrogen-bond acceptors (Lipinski definition) is 3. The number of aromatic nitrogens is 2. The lowest BCUT2D eigenvalue weighted by Crippen LogP contribution is -1.95. The van der Waals surface area contributed by atoms with Crippen LogP contribution in [0.2, 0.25) is 5.15 Å². The Bertz CT molecular complexity index is 771. The Morgan fingerprint density at radius 2 is 1.43 bits per heavy atom. The van der Waals surface area contributed by atoms with Crippen LogP contribution >= 0.6 is 11.6 Å². The molecule has 0 aliphatic heterocycles. The molecule has 0 bridgehead atoms. The van der Waals surface area contributed by atoms with Gasteiger partial charge in [-0.25, -0.2) is 9.97 Å². The van der Waals surface area contributed by atoms with Crippen LogP contribution in [-0.2, 0) is 0 Å². The highest BCUT2D eigenvalue weighted by Crippen LogP contribution is 2.27. The molecular formula is C17H11ClN2O. The molecule has 1 aromatic heterocycles. The molecule has 0 radical (unpaired) electrons. The molecule has 3 rings (SSSR count). The first-order valence-electron chi connectivity index (χ1n) is 6.41. The van der Waals surface area contributed by atoms with Crippen molar-refractivity contribution in [2.45, 2.75) is 0 Å². The van der Waals surface area contributed by atoms with Crippen LogP contribution in [0, 0.1) is 0 Å². The van der Waals surface area contributed by atoms with Gasteiger partial charge in [0.25, 0.3) is 0 Å². The molecule has 0 saturated heterocycles. The predicted octanol–water partition coefficient (Wildman–Crippen LogP) is 4.28. The Balaban J connectivity index is 2.02. The zero-order valence-corrected chi connectivity index (χ0v) is 11.8. The van der Waals surface area contributed by atoms with Gasteiger partial charge in [0.15, 0.2) is 6.29 Å². The summed E-state index contributed by atoms with van der Waals surface area (Å²) in [4.78, 5) is 19.1. The lowest BCUT2D eigenvalue weighted by atomic mass is 10.0. The van der Waals surface area contributed by atoms with Gasteiger partial charge in [0.2, 0.25) is 0 Å². The topological polar surface area (TPSA) is 42.9 Å². The molecule has 0 N–H and O–H groups in total. The maximum absolute atomic E-state index is 11.1. The Labute approximate surface area is 127 Å². The molecule has 0 saturated carbocycles. The van der Waals surface area contributed by atoms with Crippen molar-refractivity contribution in [2.24, 2.45) is 0 Å². The van der Waals surface area contributed by atoms with E-state index in [1.165, 1.54) is 6.33 Å². The first-order chi connectivity index (χ1) is 10.3. The Kier molecular flexibility index (Phi) is 3.75. The number of nitrogens with zero attached hydrogens (tertiary/aromatic N) is 2. The van der Waals surface area contributed by atoms with Crippen LogP contribution in [0.25, 0.3) is 22.4 Å². The molecule has 3 nitrogen and oxygen atoms in total. The third kappa shape index (κ3) is 2.69. The number of carbonyl (C=O) groups is 1. The smallest absolute Gasteiger partial charge is 0.155 e. The third-order valence-corrected chi connectivity index (χ3v) is 3.52. The van der Waals surface area contributed by atoms with Crippen LogP contribution in [0.15, 0.2) is 60.9 Å². The molecule has 2 aromatic carbocycles. The maximum atomic E-state index is 11.1. The minimum Gasteiger partial charge on any atom is -0.298 e. The lowest BCUT2D eigenvalue weighted by Gasteiger charge is -2.06. The highest BCUT2D eigenvalue weighted by atomic mass is 35.5. The Morgan fingerprint density at radius 3 is 2.10 bits per heavy atom. The van der Waals surface area contributed by atoms with Gasteiger partial charge in [-0.3, -0.25) is 4.79 Å². The van der Waals surface area contributed by atoms with Gasteiger partial charge < -0.3 is 0 Å². The van der Waals surface area contributed by atoms with E-state index in [2.05, 4.69) is 9.97 Å². The number of rotatable bonds is 3. The summed E-state index contributed by atoms with van der Waals surface area (Å²) in [7, 11) is 0. The molecule has 3 aromatic rings. The molecule has 0 aliphatic rings. The Hall–Kier alpha value is -2.52. The van der Waals surface area contributed by atoms with Crippen molar-refractivity contribution < 1.29 is 4.79 Å². The van der Waals surface area contributed by atoms with Crippen LogP contribution in [0.1, 0.15) is 10.4 Å². The van der Waals surface area contributed by atoms with Crippen LogP contribution < -0.4 is 0 Å². The first kappa shape index (κ1) is 13.5. The highest BCUT2D eigenvalue weighted by molar-refractivity contribution is 6.32.